The number of hydrogen-bond acceptors (Lipinski definition) is 5. The first-order valence-corrected chi connectivity index (χ1v) is 5.53. The van der Waals surface area contributed by atoms with Gasteiger partial charge in [-0.25, -0.2) is 4.99 Å². The van der Waals surface area contributed by atoms with Crippen LogP contribution in [0.25, 0.3) is 0 Å². The zero-order valence-electron chi connectivity index (χ0n) is 8.80. The summed E-state index contributed by atoms with van der Waals surface area (Å²) in [6.45, 7) is 3.50. The maximum Gasteiger partial charge on any atom is 0.315 e. The lowest BCUT2D eigenvalue weighted by molar-refractivity contribution is -0.145. The van der Waals surface area contributed by atoms with E-state index in [1.54, 1.807) is 0 Å². The number of aliphatic imine (C=N–C) groups is 1. The van der Waals surface area contributed by atoms with Gasteiger partial charge in [-0.1, -0.05) is 6.92 Å². The maximum absolute atomic E-state index is 11.4. The minimum absolute atomic E-state index is 0.138. The summed E-state index contributed by atoms with van der Waals surface area (Å²) in [7, 11) is 0. The van der Waals surface area contributed by atoms with Gasteiger partial charge in [-0.2, -0.15) is 0 Å². The fourth-order valence-electron chi connectivity index (χ4n) is 0.757. The SMILES string of the molecule is CCCOC(=O)[C@H](C=NC(C)=O)CSO. The molecular formula is C9H15NO4S. The Morgan fingerprint density at radius 2 is 2.27 bits per heavy atom. The molecule has 15 heavy (non-hydrogen) atoms. The van der Waals surface area contributed by atoms with Crippen molar-refractivity contribution in [2.24, 2.45) is 10.9 Å². The van der Waals surface area contributed by atoms with Crippen LogP contribution in [-0.4, -0.2) is 35.0 Å². The highest BCUT2D eigenvalue weighted by atomic mass is 32.2. The van der Waals surface area contributed by atoms with E-state index in [0.717, 1.165) is 6.42 Å². The number of hydrogen-bond donors (Lipinski definition) is 1. The van der Waals surface area contributed by atoms with Crippen molar-refractivity contribution in [3.63, 3.8) is 0 Å². The van der Waals surface area contributed by atoms with E-state index in [0.29, 0.717) is 18.6 Å². The molecule has 1 atom stereocenters. The standard InChI is InChI=1S/C9H15NO4S/c1-3-4-14-9(12)8(6-15-13)5-10-7(2)11/h5,8,13H,3-4,6H2,1-2H3/t8-/m1/s1. The van der Waals surface area contributed by atoms with Gasteiger partial charge in [0.15, 0.2) is 0 Å². The van der Waals surface area contributed by atoms with Crippen LogP contribution in [-0.2, 0) is 14.3 Å². The highest BCUT2D eigenvalue weighted by molar-refractivity contribution is 7.93. The molecule has 1 amide bonds. The van der Waals surface area contributed by atoms with Crippen LogP contribution in [0.5, 0.6) is 0 Å². The third-order valence-corrected chi connectivity index (χ3v) is 1.95. The first-order chi connectivity index (χ1) is 7.11. The van der Waals surface area contributed by atoms with E-state index in [1.165, 1.54) is 13.1 Å². The van der Waals surface area contributed by atoms with Crippen molar-refractivity contribution < 1.29 is 18.9 Å². The van der Waals surface area contributed by atoms with Gasteiger partial charge in [-0.3, -0.25) is 9.59 Å². The second-order valence-electron chi connectivity index (χ2n) is 2.87. The molecule has 0 radical (unpaired) electrons. The summed E-state index contributed by atoms with van der Waals surface area (Å²) in [5.74, 6) is -1.38. The van der Waals surface area contributed by atoms with E-state index in [1.807, 2.05) is 6.92 Å². The Hall–Kier alpha value is -0.880. The molecule has 0 saturated carbocycles. The summed E-state index contributed by atoms with van der Waals surface area (Å²) >= 11 is 0.520. The van der Waals surface area contributed by atoms with Crippen LogP contribution in [0.4, 0.5) is 0 Å². The lowest BCUT2D eigenvalue weighted by Gasteiger charge is -2.08. The number of esters is 1. The highest BCUT2D eigenvalue weighted by Gasteiger charge is 2.17. The van der Waals surface area contributed by atoms with Crippen LogP contribution in [0, 0.1) is 5.92 Å². The van der Waals surface area contributed by atoms with Crippen molar-refractivity contribution in [2.45, 2.75) is 20.3 Å². The van der Waals surface area contributed by atoms with E-state index < -0.39 is 11.9 Å². The van der Waals surface area contributed by atoms with Crippen LogP contribution in [0.2, 0.25) is 0 Å². The smallest absolute Gasteiger partial charge is 0.315 e. The van der Waals surface area contributed by atoms with Crippen LogP contribution in [0.3, 0.4) is 0 Å². The molecule has 0 saturated heterocycles. The number of amides is 1. The third-order valence-electron chi connectivity index (χ3n) is 1.44. The third kappa shape index (κ3) is 7.10. The zero-order valence-corrected chi connectivity index (χ0v) is 9.62. The molecule has 1 N–H and O–H groups in total. The molecule has 0 rings (SSSR count). The van der Waals surface area contributed by atoms with Gasteiger partial charge in [0, 0.05) is 18.9 Å². The van der Waals surface area contributed by atoms with Crippen molar-refractivity contribution in [3.05, 3.63) is 0 Å². The molecule has 0 heterocycles. The molecule has 0 aliphatic carbocycles. The monoisotopic (exact) mass is 233 g/mol. The normalized spacial score (nSPS) is 12.7. The summed E-state index contributed by atoms with van der Waals surface area (Å²) in [5.41, 5.74) is 0. The molecule has 0 aliphatic heterocycles. The Kier molecular flexibility index (Phi) is 7.94. The molecule has 0 fully saturated rings. The highest BCUT2D eigenvalue weighted by Crippen LogP contribution is 2.05. The number of nitrogens with zero attached hydrogens (tertiary/aromatic N) is 1. The van der Waals surface area contributed by atoms with Crippen LogP contribution in [0.1, 0.15) is 20.3 Å². The summed E-state index contributed by atoms with van der Waals surface area (Å²) in [6.07, 6.45) is 1.94. The van der Waals surface area contributed by atoms with Gasteiger partial charge in [0.05, 0.1) is 6.61 Å². The first-order valence-electron chi connectivity index (χ1n) is 4.59. The Morgan fingerprint density at radius 1 is 1.60 bits per heavy atom. The lowest BCUT2D eigenvalue weighted by atomic mass is 10.2. The predicted molar refractivity (Wildman–Crippen MR) is 59.0 cm³/mol. The molecule has 0 aromatic rings. The van der Waals surface area contributed by atoms with Crippen molar-refractivity contribution in [1.29, 1.82) is 0 Å². The molecule has 0 aromatic carbocycles. The fourth-order valence-corrected chi connectivity index (χ4v) is 1.14. The van der Waals surface area contributed by atoms with Crippen LogP contribution >= 0.6 is 12.0 Å². The van der Waals surface area contributed by atoms with Crippen LogP contribution in [0.15, 0.2) is 4.99 Å². The summed E-state index contributed by atoms with van der Waals surface area (Å²) in [5, 5.41) is 0. The quantitative estimate of drug-likeness (QED) is 0.426. The minimum Gasteiger partial charge on any atom is -0.465 e. The largest absolute Gasteiger partial charge is 0.465 e. The Balaban J connectivity index is 4.24. The van der Waals surface area contributed by atoms with E-state index in [4.69, 9.17) is 9.29 Å². The molecule has 6 heteroatoms. The second kappa shape index (κ2) is 8.43. The maximum atomic E-state index is 11.4. The second-order valence-corrected chi connectivity index (χ2v) is 3.46. The Morgan fingerprint density at radius 3 is 2.73 bits per heavy atom. The summed E-state index contributed by atoms with van der Waals surface area (Å²) in [4.78, 5) is 25.4. The van der Waals surface area contributed by atoms with Crippen molar-refractivity contribution in [3.8, 4) is 0 Å². The van der Waals surface area contributed by atoms with Crippen molar-refractivity contribution >= 4 is 30.1 Å². The molecule has 0 bridgehead atoms. The topological polar surface area (TPSA) is 76.0 Å². The van der Waals surface area contributed by atoms with Crippen molar-refractivity contribution in [2.75, 3.05) is 12.4 Å². The Bertz CT molecular complexity index is 242. The van der Waals surface area contributed by atoms with E-state index in [-0.39, 0.29) is 11.7 Å². The molecule has 0 aromatic heterocycles. The van der Waals surface area contributed by atoms with Gasteiger partial charge in [0.25, 0.3) is 0 Å². The molecule has 0 spiro atoms. The number of ether oxygens (including phenoxy) is 1. The first kappa shape index (κ1) is 14.1. The number of rotatable bonds is 6. The van der Waals surface area contributed by atoms with E-state index >= 15 is 0 Å². The zero-order chi connectivity index (χ0) is 11.7. The number of carbonyl (C=O) groups excluding carboxylic acids is 2. The van der Waals surface area contributed by atoms with Crippen molar-refractivity contribution in [1.82, 2.24) is 0 Å². The van der Waals surface area contributed by atoms with E-state index in [9.17, 15) is 9.59 Å². The van der Waals surface area contributed by atoms with Gasteiger partial charge in [0.1, 0.15) is 5.92 Å². The Labute approximate surface area is 93.1 Å². The summed E-state index contributed by atoms with van der Waals surface area (Å²) in [6, 6.07) is 0. The van der Waals surface area contributed by atoms with Gasteiger partial charge in [0.2, 0.25) is 5.91 Å². The average molecular weight is 233 g/mol. The molecule has 0 unspecified atom stereocenters. The van der Waals surface area contributed by atoms with Gasteiger partial charge in [-0.15, -0.1) is 0 Å². The average Bonchev–Trinajstić information content (AvgIpc) is 2.20. The van der Waals surface area contributed by atoms with E-state index in [2.05, 4.69) is 4.99 Å². The van der Waals surface area contributed by atoms with Gasteiger partial charge in [-0.05, 0) is 18.5 Å². The minimum atomic E-state index is -0.671. The lowest BCUT2D eigenvalue weighted by Crippen LogP contribution is -2.22. The number of carbonyl (C=O) groups is 2. The fraction of sp³-hybridized carbons (Fsp3) is 0.667. The molecule has 5 nitrogen and oxygen atoms in total. The molecule has 86 valence electrons. The van der Waals surface area contributed by atoms with Gasteiger partial charge < -0.3 is 9.29 Å². The predicted octanol–water partition coefficient (Wildman–Crippen LogP) is 1.38. The summed E-state index contributed by atoms with van der Waals surface area (Å²) < 4.78 is 13.5. The van der Waals surface area contributed by atoms with Gasteiger partial charge >= 0.3 is 5.97 Å². The van der Waals surface area contributed by atoms with Crippen LogP contribution < -0.4 is 0 Å². The molecular weight excluding hydrogens is 218 g/mol. The molecule has 0 aliphatic rings.